The van der Waals surface area contributed by atoms with E-state index in [1.807, 2.05) is 13.8 Å². The highest BCUT2D eigenvalue weighted by Crippen LogP contribution is 2.37. The number of aliphatic hydroxyl groups excluding tert-OH is 1. The fourth-order valence-electron chi connectivity index (χ4n) is 3.97. The van der Waals surface area contributed by atoms with Crippen LogP contribution in [0.5, 0.6) is 0 Å². The summed E-state index contributed by atoms with van der Waals surface area (Å²) in [6, 6.07) is 14.8. The molecule has 38 heavy (non-hydrogen) atoms. The number of nitrogens with one attached hydrogen (secondary N) is 1. The molecule has 0 radical (unpaired) electrons. The summed E-state index contributed by atoms with van der Waals surface area (Å²) >= 11 is 6.83. The first-order valence-corrected chi connectivity index (χ1v) is 12.9. The number of likely N-dealkylation sites (N-methyl/N-ethyl adjacent to an activating group) is 1. The average molecular weight is 569 g/mol. The van der Waals surface area contributed by atoms with Gasteiger partial charge in [-0.15, -0.1) is 0 Å². The summed E-state index contributed by atoms with van der Waals surface area (Å²) in [5, 5.41) is 13.9. The molecule has 0 spiro atoms. The van der Waals surface area contributed by atoms with E-state index in [-0.39, 0.29) is 18.1 Å². The van der Waals surface area contributed by atoms with E-state index in [1.165, 1.54) is 18.2 Å². The Kier molecular flexibility index (Phi) is 10.00. The van der Waals surface area contributed by atoms with E-state index in [0.717, 1.165) is 29.6 Å². The molecule has 3 aromatic rings. The molecule has 10 heteroatoms. The van der Waals surface area contributed by atoms with Gasteiger partial charge in [0.2, 0.25) is 0 Å². The van der Waals surface area contributed by atoms with Gasteiger partial charge in [-0.3, -0.25) is 4.79 Å². The molecule has 2 N–H and O–H groups in total. The van der Waals surface area contributed by atoms with Crippen molar-refractivity contribution in [1.29, 1.82) is 0 Å². The second-order valence-electron chi connectivity index (χ2n) is 9.73. The Balaban J connectivity index is 1.65. The van der Waals surface area contributed by atoms with Crippen LogP contribution in [-0.4, -0.2) is 47.5 Å². The molecule has 0 amide bonds. The maximum atomic E-state index is 13.8. The highest BCUT2D eigenvalue weighted by atomic mass is 35.5. The molecule has 0 fully saturated rings. The highest BCUT2D eigenvalue weighted by Gasteiger charge is 2.31. The second-order valence-corrected chi connectivity index (χ2v) is 11.4. The summed E-state index contributed by atoms with van der Waals surface area (Å²) in [5.74, 6) is -0.493. The Hall–Kier alpha value is -2.43. The van der Waals surface area contributed by atoms with Crippen molar-refractivity contribution in [3.05, 3.63) is 88.2 Å². The third-order valence-corrected chi connectivity index (χ3v) is 6.98. The predicted octanol–water partition coefficient (Wildman–Crippen LogP) is 6.89. The Labute approximate surface area is 229 Å². The van der Waals surface area contributed by atoms with Crippen LogP contribution in [-0.2, 0) is 12.6 Å². The monoisotopic (exact) mass is 568 g/mol. The average Bonchev–Trinajstić information content (AvgIpc) is 2.84. The quantitative estimate of drug-likeness (QED) is 0.150. The van der Waals surface area contributed by atoms with E-state index < -0.39 is 29.2 Å². The van der Waals surface area contributed by atoms with E-state index >= 15 is 0 Å². The first-order valence-electron chi connectivity index (χ1n) is 11.8. The van der Waals surface area contributed by atoms with E-state index in [0.29, 0.717) is 34.3 Å². The zero-order chi connectivity index (χ0) is 28.1. The number of nitrogens with zero attached hydrogens (tertiary/aromatic N) is 1. The standard InChI is InChI=1S/C28H29ClF4N2O2S/c1-27(2,14-18-7-8-25(29)26(30)10-18)34-15-23(37)16-35(3)38-24-12-21(11-22(13-24)28(31,32)33)20-6-4-5-19(9-20)17-36/h4-13,17,23,34,37H,14-16H2,1-3H3. The van der Waals surface area contributed by atoms with Crippen LogP contribution in [0.2, 0.25) is 5.02 Å². The molecule has 0 bridgehead atoms. The van der Waals surface area contributed by atoms with Gasteiger partial charge in [0.15, 0.2) is 0 Å². The predicted molar refractivity (Wildman–Crippen MR) is 144 cm³/mol. The molecule has 3 rings (SSSR count). The molecule has 3 aromatic carbocycles. The molecule has 1 atom stereocenters. The lowest BCUT2D eigenvalue weighted by Gasteiger charge is -2.29. The van der Waals surface area contributed by atoms with Crippen LogP contribution in [0, 0.1) is 5.82 Å². The van der Waals surface area contributed by atoms with Crippen molar-refractivity contribution in [1.82, 2.24) is 9.62 Å². The van der Waals surface area contributed by atoms with Crippen LogP contribution in [0.25, 0.3) is 11.1 Å². The molecule has 0 aliphatic carbocycles. The third-order valence-electron chi connectivity index (χ3n) is 5.77. The van der Waals surface area contributed by atoms with Gasteiger partial charge in [-0.1, -0.05) is 35.9 Å². The first kappa shape index (κ1) is 30.1. The number of rotatable bonds is 11. The fourth-order valence-corrected chi connectivity index (χ4v) is 5.05. The van der Waals surface area contributed by atoms with Crippen LogP contribution in [0.1, 0.15) is 35.3 Å². The minimum absolute atomic E-state index is 0.0536. The molecule has 4 nitrogen and oxygen atoms in total. The minimum atomic E-state index is -4.55. The van der Waals surface area contributed by atoms with Crippen molar-refractivity contribution >= 4 is 29.8 Å². The molecule has 1 unspecified atom stereocenters. The smallest absolute Gasteiger partial charge is 0.390 e. The molecule has 0 saturated carbocycles. The fraction of sp³-hybridized carbons (Fsp3) is 0.321. The van der Waals surface area contributed by atoms with Crippen molar-refractivity contribution in [2.45, 2.75) is 43.0 Å². The van der Waals surface area contributed by atoms with Crippen molar-refractivity contribution in [3.63, 3.8) is 0 Å². The summed E-state index contributed by atoms with van der Waals surface area (Å²) in [5.41, 5.74) is 0.694. The van der Waals surface area contributed by atoms with Crippen LogP contribution < -0.4 is 5.32 Å². The number of carbonyl (C=O) groups excluding carboxylic acids is 1. The van der Waals surface area contributed by atoms with E-state index in [4.69, 9.17) is 11.6 Å². The van der Waals surface area contributed by atoms with Gasteiger partial charge in [0.05, 0.1) is 16.7 Å². The molecular weight excluding hydrogens is 540 g/mol. The Morgan fingerprint density at radius 2 is 1.82 bits per heavy atom. The number of benzene rings is 3. The van der Waals surface area contributed by atoms with Gasteiger partial charge in [-0.25, -0.2) is 8.70 Å². The van der Waals surface area contributed by atoms with E-state index in [1.54, 1.807) is 41.7 Å². The molecule has 0 aromatic heterocycles. The van der Waals surface area contributed by atoms with Crippen LogP contribution in [0.15, 0.2) is 65.6 Å². The van der Waals surface area contributed by atoms with Gasteiger partial charge in [-0.05, 0) is 92.4 Å². The lowest BCUT2D eigenvalue weighted by molar-refractivity contribution is -0.137. The summed E-state index contributed by atoms with van der Waals surface area (Å²) in [6.07, 6.45) is -4.22. The minimum Gasteiger partial charge on any atom is -0.390 e. The molecule has 0 aliphatic heterocycles. The molecule has 0 heterocycles. The number of halogens is 5. The molecule has 0 saturated heterocycles. The largest absolute Gasteiger partial charge is 0.416 e. The zero-order valence-electron chi connectivity index (χ0n) is 21.2. The molecule has 204 valence electrons. The molecule has 0 aliphatic rings. The molecular formula is C28H29ClF4N2O2S. The summed E-state index contributed by atoms with van der Waals surface area (Å²) in [4.78, 5) is 11.5. The maximum absolute atomic E-state index is 13.8. The van der Waals surface area contributed by atoms with Crippen molar-refractivity contribution in [2.75, 3.05) is 20.1 Å². The van der Waals surface area contributed by atoms with Crippen molar-refractivity contribution < 1.29 is 27.5 Å². The number of hydrogen-bond acceptors (Lipinski definition) is 5. The lowest BCUT2D eigenvalue weighted by atomic mass is 9.94. The Morgan fingerprint density at radius 3 is 2.47 bits per heavy atom. The highest BCUT2D eigenvalue weighted by molar-refractivity contribution is 7.97. The van der Waals surface area contributed by atoms with Gasteiger partial charge < -0.3 is 10.4 Å². The van der Waals surface area contributed by atoms with Gasteiger partial charge in [-0.2, -0.15) is 13.2 Å². The van der Waals surface area contributed by atoms with E-state index in [9.17, 15) is 27.5 Å². The van der Waals surface area contributed by atoms with Gasteiger partial charge in [0.25, 0.3) is 0 Å². The Bertz CT molecular complexity index is 1270. The number of hydrogen-bond donors (Lipinski definition) is 2. The second kappa shape index (κ2) is 12.6. The summed E-state index contributed by atoms with van der Waals surface area (Å²) in [7, 11) is 1.68. The topological polar surface area (TPSA) is 52.6 Å². The van der Waals surface area contributed by atoms with Crippen LogP contribution in [0.4, 0.5) is 17.6 Å². The van der Waals surface area contributed by atoms with Gasteiger partial charge in [0, 0.05) is 29.1 Å². The number of carbonyl (C=O) groups is 1. The summed E-state index contributed by atoms with van der Waals surface area (Å²) < 4.78 is 56.3. The van der Waals surface area contributed by atoms with Gasteiger partial charge >= 0.3 is 6.18 Å². The van der Waals surface area contributed by atoms with E-state index in [2.05, 4.69) is 5.32 Å². The zero-order valence-corrected chi connectivity index (χ0v) is 22.7. The Morgan fingerprint density at radius 1 is 1.08 bits per heavy atom. The maximum Gasteiger partial charge on any atom is 0.416 e. The third kappa shape index (κ3) is 8.81. The number of aldehydes is 1. The number of aliphatic hydroxyl groups is 1. The SMILES string of the molecule is CN(CC(O)CNC(C)(C)Cc1ccc(Cl)c(F)c1)Sc1cc(-c2cccc(C=O)c2)cc(C(F)(F)F)c1. The van der Waals surface area contributed by atoms with Crippen molar-refractivity contribution in [2.24, 2.45) is 0 Å². The van der Waals surface area contributed by atoms with Gasteiger partial charge in [0.1, 0.15) is 12.1 Å². The number of alkyl halides is 3. The summed E-state index contributed by atoms with van der Waals surface area (Å²) in [6.45, 7) is 4.25. The lowest BCUT2D eigenvalue weighted by Crippen LogP contribution is -2.46. The first-order chi connectivity index (χ1) is 17.8. The van der Waals surface area contributed by atoms with Crippen LogP contribution >= 0.6 is 23.5 Å². The van der Waals surface area contributed by atoms with Crippen molar-refractivity contribution in [3.8, 4) is 11.1 Å². The number of β-amino-alcohol motifs (C(OH)–C–C–N with tert-alkyl or cyclic N) is 1. The van der Waals surface area contributed by atoms with Crippen LogP contribution in [0.3, 0.4) is 0 Å². The normalized spacial score (nSPS) is 13.1.